The van der Waals surface area contributed by atoms with Crippen molar-refractivity contribution in [3.05, 3.63) is 35.8 Å². The van der Waals surface area contributed by atoms with Gasteiger partial charge in [0.15, 0.2) is 11.5 Å². The van der Waals surface area contributed by atoms with Crippen LogP contribution in [0.4, 0.5) is 10.1 Å². The van der Waals surface area contributed by atoms with Crippen LogP contribution in [0.1, 0.15) is 17.4 Å². The van der Waals surface area contributed by atoms with Crippen molar-refractivity contribution >= 4 is 11.7 Å². The lowest BCUT2D eigenvalue weighted by Crippen LogP contribution is -2.36. The molecule has 7 heteroatoms. The number of benzene rings is 1. The first-order valence-corrected chi connectivity index (χ1v) is 7.45. The van der Waals surface area contributed by atoms with E-state index in [9.17, 15) is 9.18 Å². The third kappa shape index (κ3) is 3.34. The minimum Gasteiger partial charge on any atom is -0.461 e. The Balaban J connectivity index is 1.81. The predicted molar refractivity (Wildman–Crippen MR) is 80.9 cm³/mol. The lowest BCUT2D eigenvalue weighted by Gasteiger charge is -2.29. The number of hydrogen-bond acceptors (Lipinski definition) is 6. The number of hydrogen-bond donors (Lipinski definition) is 0. The van der Waals surface area contributed by atoms with Gasteiger partial charge in [-0.3, -0.25) is 0 Å². The fourth-order valence-corrected chi connectivity index (χ4v) is 2.43. The molecule has 0 bridgehead atoms. The Kier molecular flexibility index (Phi) is 4.57. The van der Waals surface area contributed by atoms with Crippen LogP contribution in [-0.2, 0) is 9.47 Å². The zero-order valence-electron chi connectivity index (χ0n) is 12.8. The molecule has 0 saturated carbocycles. The van der Waals surface area contributed by atoms with Gasteiger partial charge in [0.2, 0.25) is 0 Å². The zero-order valence-corrected chi connectivity index (χ0v) is 12.8. The van der Waals surface area contributed by atoms with Gasteiger partial charge in [0.1, 0.15) is 5.82 Å². The van der Waals surface area contributed by atoms with Crippen LogP contribution in [0.5, 0.6) is 0 Å². The van der Waals surface area contributed by atoms with Crippen molar-refractivity contribution in [1.29, 1.82) is 0 Å². The number of halogens is 1. The Bertz CT molecular complexity index is 695. The number of carbonyl (C=O) groups excluding carboxylic acids is 1. The van der Waals surface area contributed by atoms with Crippen LogP contribution in [0.2, 0.25) is 0 Å². The van der Waals surface area contributed by atoms with Crippen molar-refractivity contribution in [2.45, 2.75) is 6.92 Å². The molecule has 6 nitrogen and oxygen atoms in total. The Morgan fingerprint density at radius 2 is 2.13 bits per heavy atom. The summed E-state index contributed by atoms with van der Waals surface area (Å²) < 4.78 is 29.6. The second kappa shape index (κ2) is 6.78. The van der Waals surface area contributed by atoms with Gasteiger partial charge in [-0.25, -0.2) is 9.18 Å². The van der Waals surface area contributed by atoms with Gasteiger partial charge >= 0.3 is 5.97 Å². The van der Waals surface area contributed by atoms with Gasteiger partial charge in [0.25, 0.3) is 0 Å². The van der Waals surface area contributed by atoms with Crippen LogP contribution in [-0.4, -0.2) is 44.0 Å². The van der Waals surface area contributed by atoms with Crippen LogP contribution in [0, 0.1) is 5.82 Å². The average molecular weight is 320 g/mol. The molecule has 1 aromatic carbocycles. The van der Waals surface area contributed by atoms with E-state index in [1.165, 1.54) is 12.1 Å². The summed E-state index contributed by atoms with van der Waals surface area (Å²) in [6.07, 6.45) is 0. The van der Waals surface area contributed by atoms with Gasteiger partial charge in [0, 0.05) is 24.7 Å². The molecule has 0 amide bonds. The molecule has 2 aromatic rings. The molecular weight excluding hydrogens is 303 g/mol. The van der Waals surface area contributed by atoms with Crippen molar-refractivity contribution in [2.75, 3.05) is 37.8 Å². The molecule has 122 valence electrons. The van der Waals surface area contributed by atoms with Gasteiger partial charge in [-0.15, -0.1) is 0 Å². The third-order valence-electron chi connectivity index (χ3n) is 3.58. The maximum atomic E-state index is 14.4. The van der Waals surface area contributed by atoms with Crippen LogP contribution in [0.15, 0.2) is 28.8 Å². The van der Waals surface area contributed by atoms with Crippen LogP contribution >= 0.6 is 0 Å². The highest BCUT2D eigenvalue weighted by Crippen LogP contribution is 2.27. The fourth-order valence-electron chi connectivity index (χ4n) is 2.43. The van der Waals surface area contributed by atoms with E-state index in [0.717, 1.165) is 0 Å². The molecule has 1 aromatic heterocycles. The van der Waals surface area contributed by atoms with Gasteiger partial charge in [-0.1, -0.05) is 5.16 Å². The Morgan fingerprint density at radius 1 is 1.35 bits per heavy atom. The summed E-state index contributed by atoms with van der Waals surface area (Å²) in [4.78, 5) is 13.5. The second-order valence-corrected chi connectivity index (χ2v) is 5.06. The highest BCUT2D eigenvalue weighted by molar-refractivity contribution is 5.88. The molecule has 0 radical (unpaired) electrons. The molecule has 0 N–H and O–H groups in total. The fraction of sp³-hybridized carbons (Fsp3) is 0.375. The molecule has 0 unspecified atom stereocenters. The van der Waals surface area contributed by atoms with E-state index in [4.69, 9.17) is 14.0 Å². The molecule has 0 aliphatic carbocycles. The highest BCUT2D eigenvalue weighted by Gasteiger charge is 2.18. The van der Waals surface area contributed by atoms with Crippen molar-refractivity contribution in [3.63, 3.8) is 0 Å². The third-order valence-corrected chi connectivity index (χ3v) is 3.58. The summed E-state index contributed by atoms with van der Waals surface area (Å²) in [6.45, 7) is 4.46. The van der Waals surface area contributed by atoms with Crippen molar-refractivity contribution in [1.82, 2.24) is 5.16 Å². The van der Waals surface area contributed by atoms with E-state index >= 15 is 0 Å². The normalized spacial score (nSPS) is 14.8. The summed E-state index contributed by atoms with van der Waals surface area (Å²) in [5.41, 5.74) is 1.12. The van der Waals surface area contributed by atoms with E-state index in [2.05, 4.69) is 5.16 Å². The Morgan fingerprint density at radius 3 is 2.83 bits per heavy atom. The van der Waals surface area contributed by atoms with Crippen LogP contribution < -0.4 is 4.90 Å². The summed E-state index contributed by atoms with van der Waals surface area (Å²) >= 11 is 0. The Labute approximate surface area is 132 Å². The van der Waals surface area contributed by atoms with E-state index < -0.39 is 5.97 Å². The molecule has 1 aliphatic heterocycles. The standard InChI is InChI=1S/C16H17FN2O4/c1-2-22-16(20)13-10-15(23-18-13)11-3-4-14(12(17)9-11)19-5-7-21-8-6-19/h3-4,9-10H,2,5-8H2,1H3. The monoisotopic (exact) mass is 320 g/mol. The minimum atomic E-state index is -0.562. The van der Waals surface area contributed by atoms with Crippen LogP contribution in [0.3, 0.4) is 0 Å². The number of nitrogens with zero attached hydrogens (tertiary/aromatic N) is 2. The van der Waals surface area contributed by atoms with Gasteiger partial charge in [0.05, 0.1) is 25.5 Å². The molecule has 1 aliphatic rings. The van der Waals surface area contributed by atoms with E-state index in [0.29, 0.717) is 43.3 Å². The van der Waals surface area contributed by atoms with Gasteiger partial charge < -0.3 is 18.9 Å². The number of carbonyl (C=O) groups is 1. The summed E-state index contributed by atoms with van der Waals surface area (Å²) in [5.74, 6) is -0.591. The van der Waals surface area contributed by atoms with E-state index in [1.807, 2.05) is 4.90 Å². The number of aromatic nitrogens is 1. The largest absolute Gasteiger partial charge is 0.461 e. The first-order chi connectivity index (χ1) is 11.2. The predicted octanol–water partition coefficient (Wildman–Crippen LogP) is 2.49. The number of anilines is 1. The van der Waals surface area contributed by atoms with Crippen molar-refractivity contribution in [2.24, 2.45) is 0 Å². The second-order valence-electron chi connectivity index (χ2n) is 5.06. The zero-order chi connectivity index (χ0) is 16.2. The smallest absolute Gasteiger partial charge is 0.360 e. The van der Waals surface area contributed by atoms with Gasteiger partial charge in [-0.05, 0) is 25.1 Å². The van der Waals surface area contributed by atoms with Crippen LogP contribution in [0.25, 0.3) is 11.3 Å². The van der Waals surface area contributed by atoms with E-state index in [1.54, 1.807) is 19.1 Å². The first-order valence-electron chi connectivity index (χ1n) is 7.45. The maximum absolute atomic E-state index is 14.4. The summed E-state index contributed by atoms with van der Waals surface area (Å²) in [7, 11) is 0. The van der Waals surface area contributed by atoms with Gasteiger partial charge in [-0.2, -0.15) is 0 Å². The number of rotatable bonds is 4. The van der Waals surface area contributed by atoms with Crippen molar-refractivity contribution < 1.29 is 23.2 Å². The average Bonchev–Trinajstić information content (AvgIpc) is 3.06. The molecule has 1 fully saturated rings. The quantitative estimate of drug-likeness (QED) is 0.807. The number of ether oxygens (including phenoxy) is 2. The minimum absolute atomic E-state index is 0.0690. The lowest BCUT2D eigenvalue weighted by molar-refractivity contribution is 0.0514. The molecule has 2 heterocycles. The maximum Gasteiger partial charge on any atom is 0.360 e. The molecule has 0 atom stereocenters. The lowest BCUT2D eigenvalue weighted by atomic mass is 10.1. The summed E-state index contributed by atoms with van der Waals surface area (Å²) in [6, 6.07) is 6.26. The molecule has 1 saturated heterocycles. The Hall–Kier alpha value is -2.41. The number of esters is 1. The number of morpholine rings is 1. The van der Waals surface area contributed by atoms with Crippen molar-refractivity contribution in [3.8, 4) is 11.3 Å². The topological polar surface area (TPSA) is 64.8 Å². The SMILES string of the molecule is CCOC(=O)c1cc(-c2ccc(N3CCOCC3)c(F)c2)on1. The molecule has 0 spiro atoms. The summed E-state index contributed by atoms with van der Waals surface area (Å²) in [5, 5.41) is 3.65. The molecule has 3 rings (SSSR count). The molecule has 23 heavy (non-hydrogen) atoms. The highest BCUT2D eigenvalue weighted by atomic mass is 19.1. The first kappa shape index (κ1) is 15.5. The molecular formula is C16H17FN2O4. The van der Waals surface area contributed by atoms with E-state index in [-0.39, 0.29) is 18.1 Å².